The molecule has 1 aromatic carbocycles. The molecule has 2 rings (SSSR count). The Kier molecular flexibility index (Phi) is 4.28. The third kappa shape index (κ3) is 2.69. The van der Waals surface area contributed by atoms with Gasteiger partial charge in [0.05, 0.1) is 7.11 Å². The maximum Gasteiger partial charge on any atom is 0.119 e. The smallest absolute Gasteiger partial charge is 0.119 e. The number of nitrogens with one attached hydrogen (secondary N) is 1. The molecule has 0 bridgehead atoms. The molecule has 0 saturated heterocycles. The molecule has 1 N–H and O–H groups in total. The van der Waals surface area contributed by atoms with Gasteiger partial charge in [-0.3, -0.25) is 0 Å². The highest BCUT2D eigenvalue weighted by molar-refractivity contribution is 5.31. The average molecular weight is 247 g/mol. The lowest BCUT2D eigenvalue weighted by Gasteiger charge is -2.35. The lowest BCUT2D eigenvalue weighted by atomic mass is 9.77. The normalized spacial score (nSPS) is 19.7. The van der Waals surface area contributed by atoms with Gasteiger partial charge < -0.3 is 10.1 Å². The van der Waals surface area contributed by atoms with Gasteiger partial charge >= 0.3 is 0 Å². The Morgan fingerprint density at radius 2 is 2.06 bits per heavy atom. The fourth-order valence-electron chi connectivity index (χ4n) is 3.26. The van der Waals surface area contributed by atoms with Crippen molar-refractivity contribution >= 4 is 0 Å². The summed E-state index contributed by atoms with van der Waals surface area (Å²) in [5, 5.41) is 3.68. The molecule has 1 aromatic rings. The summed E-state index contributed by atoms with van der Waals surface area (Å²) in [4.78, 5) is 0. The highest BCUT2D eigenvalue weighted by Crippen LogP contribution is 2.47. The highest BCUT2D eigenvalue weighted by atomic mass is 16.5. The van der Waals surface area contributed by atoms with Crippen LogP contribution in [0.15, 0.2) is 24.3 Å². The largest absolute Gasteiger partial charge is 0.497 e. The van der Waals surface area contributed by atoms with Crippen LogP contribution in [0.5, 0.6) is 5.75 Å². The van der Waals surface area contributed by atoms with Crippen LogP contribution in [0.1, 0.15) is 51.1 Å². The third-order valence-corrected chi connectivity index (χ3v) is 4.28. The Morgan fingerprint density at radius 3 is 2.67 bits per heavy atom. The van der Waals surface area contributed by atoms with E-state index in [2.05, 4.69) is 37.4 Å². The fourth-order valence-corrected chi connectivity index (χ4v) is 3.26. The van der Waals surface area contributed by atoms with Gasteiger partial charge in [0, 0.05) is 6.04 Å². The summed E-state index contributed by atoms with van der Waals surface area (Å²) < 4.78 is 5.35. The van der Waals surface area contributed by atoms with E-state index < -0.39 is 0 Å². The summed E-state index contributed by atoms with van der Waals surface area (Å²) >= 11 is 0. The van der Waals surface area contributed by atoms with E-state index in [0.29, 0.717) is 11.5 Å². The Balaban J connectivity index is 2.28. The van der Waals surface area contributed by atoms with Crippen molar-refractivity contribution in [2.45, 2.75) is 45.6 Å². The van der Waals surface area contributed by atoms with E-state index >= 15 is 0 Å². The van der Waals surface area contributed by atoms with Crippen molar-refractivity contribution in [2.75, 3.05) is 13.7 Å². The van der Waals surface area contributed by atoms with Crippen molar-refractivity contribution < 1.29 is 4.74 Å². The van der Waals surface area contributed by atoms with Gasteiger partial charge in [0.2, 0.25) is 0 Å². The van der Waals surface area contributed by atoms with E-state index in [0.717, 1.165) is 12.3 Å². The van der Waals surface area contributed by atoms with E-state index in [1.165, 1.54) is 31.2 Å². The van der Waals surface area contributed by atoms with Crippen molar-refractivity contribution in [2.24, 2.45) is 5.41 Å². The Morgan fingerprint density at radius 1 is 1.33 bits per heavy atom. The third-order valence-electron chi connectivity index (χ3n) is 4.28. The van der Waals surface area contributed by atoms with Crippen molar-refractivity contribution in [1.82, 2.24) is 5.32 Å². The maximum atomic E-state index is 5.35. The summed E-state index contributed by atoms with van der Waals surface area (Å²) in [7, 11) is 1.73. The number of hydrogen-bond acceptors (Lipinski definition) is 2. The molecule has 0 spiro atoms. The molecule has 1 atom stereocenters. The van der Waals surface area contributed by atoms with Crippen molar-refractivity contribution in [3.63, 3.8) is 0 Å². The van der Waals surface area contributed by atoms with Crippen LogP contribution in [-0.4, -0.2) is 13.7 Å². The quantitative estimate of drug-likeness (QED) is 0.851. The molecule has 0 aliphatic heterocycles. The van der Waals surface area contributed by atoms with Crippen molar-refractivity contribution in [3.05, 3.63) is 29.8 Å². The lowest BCUT2D eigenvalue weighted by molar-refractivity contribution is 0.225. The Bertz CT molecular complexity index is 382. The van der Waals surface area contributed by atoms with Crippen molar-refractivity contribution in [3.8, 4) is 5.75 Å². The first kappa shape index (κ1) is 13.4. The predicted octanol–water partition coefficient (Wildman–Crippen LogP) is 3.93. The molecular formula is C16H25NO. The molecule has 1 aliphatic rings. The predicted molar refractivity (Wildman–Crippen MR) is 76.0 cm³/mol. The number of hydrogen-bond donors (Lipinski definition) is 1. The summed E-state index contributed by atoms with van der Waals surface area (Å²) in [6.45, 7) is 5.62. The van der Waals surface area contributed by atoms with Gasteiger partial charge in [-0.2, -0.15) is 0 Å². The number of rotatable bonds is 5. The van der Waals surface area contributed by atoms with Gasteiger partial charge in [0.25, 0.3) is 0 Å². The van der Waals surface area contributed by atoms with Gasteiger partial charge in [-0.1, -0.05) is 38.8 Å². The molecule has 18 heavy (non-hydrogen) atoms. The molecular weight excluding hydrogens is 222 g/mol. The first-order valence-corrected chi connectivity index (χ1v) is 7.07. The monoisotopic (exact) mass is 247 g/mol. The second-order valence-corrected chi connectivity index (χ2v) is 5.63. The van der Waals surface area contributed by atoms with Gasteiger partial charge in [0.15, 0.2) is 0 Å². The molecule has 1 aliphatic carbocycles. The minimum atomic E-state index is 0.391. The number of ether oxygens (including phenoxy) is 1. The van der Waals surface area contributed by atoms with Crippen LogP contribution >= 0.6 is 0 Å². The van der Waals surface area contributed by atoms with Gasteiger partial charge in [0.1, 0.15) is 5.75 Å². The van der Waals surface area contributed by atoms with Crippen LogP contribution < -0.4 is 10.1 Å². The molecule has 2 nitrogen and oxygen atoms in total. The highest BCUT2D eigenvalue weighted by Gasteiger charge is 2.37. The van der Waals surface area contributed by atoms with Crippen LogP contribution in [0.3, 0.4) is 0 Å². The van der Waals surface area contributed by atoms with Gasteiger partial charge in [-0.15, -0.1) is 0 Å². The number of benzene rings is 1. The SMILES string of the molecule is CCNC(c1cccc(OC)c1)C1(C)CCCC1. The molecule has 1 unspecified atom stereocenters. The van der Waals surface area contributed by atoms with Crippen LogP contribution in [0.2, 0.25) is 0 Å². The van der Waals surface area contributed by atoms with E-state index in [1.54, 1.807) is 7.11 Å². The second kappa shape index (κ2) is 5.75. The summed E-state index contributed by atoms with van der Waals surface area (Å²) in [6.07, 6.45) is 5.37. The molecule has 0 aromatic heterocycles. The standard InChI is InChI=1S/C16H25NO/c1-4-17-15(16(2)10-5-6-11-16)13-8-7-9-14(12-13)18-3/h7-9,12,15,17H,4-6,10-11H2,1-3H3. The van der Waals surface area contributed by atoms with Gasteiger partial charge in [-0.25, -0.2) is 0 Å². The molecule has 1 saturated carbocycles. The zero-order chi connectivity index (χ0) is 13.0. The fraction of sp³-hybridized carbons (Fsp3) is 0.625. The molecule has 0 amide bonds. The molecule has 2 heteroatoms. The lowest BCUT2D eigenvalue weighted by Crippen LogP contribution is -2.34. The van der Waals surface area contributed by atoms with Gasteiger partial charge in [-0.05, 0) is 42.5 Å². The van der Waals surface area contributed by atoms with E-state index in [9.17, 15) is 0 Å². The van der Waals surface area contributed by atoms with E-state index in [4.69, 9.17) is 4.74 Å². The maximum absolute atomic E-state index is 5.35. The van der Waals surface area contributed by atoms with Crippen LogP contribution in [0.25, 0.3) is 0 Å². The van der Waals surface area contributed by atoms with E-state index in [1.807, 2.05) is 6.07 Å². The van der Waals surface area contributed by atoms with Crippen LogP contribution in [0.4, 0.5) is 0 Å². The first-order chi connectivity index (χ1) is 8.69. The summed E-state index contributed by atoms with van der Waals surface area (Å²) in [6, 6.07) is 8.96. The molecule has 100 valence electrons. The zero-order valence-electron chi connectivity index (χ0n) is 11.8. The Hall–Kier alpha value is -1.02. The Labute approximate surface area is 111 Å². The van der Waals surface area contributed by atoms with E-state index in [-0.39, 0.29) is 0 Å². The van der Waals surface area contributed by atoms with Crippen LogP contribution in [-0.2, 0) is 0 Å². The average Bonchev–Trinajstić information content (AvgIpc) is 2.84. The zero-order valence-corrected chi connectivity index (χ0v) is 11.8. The first-order valence-electron chi connectivity index (χ1n) is 7.07. The second-order valence-electron chi connectivity index (χ2n) is 5.63. The summed E-state index contributed by atoms with van der Waals surface area (Å²) in [5.74, 6) is 0.956. The molecule has 0 radical (unpaired) electrons. The topological polar surface area (TPSA) is 21.3 Å². The molecule has 1 fully saturated rings. The minimum Gasteiger partial charge on any atom is -0.497 e. The van der Waals surface area contributed by atoms with Crippen molar-refractivity contribution in [1.29, 1.82) is 0 Å². The minimum absolute atomic E-state index is 0.391. The van der Waals surface area contributed by atoms with Crippen LogP contribution in [0, 0.1) is 5.41 Å². The molecule has 0 heterocycles. The number of methoxy groups -OCH3 is 1. The summed E-state index contributed by atoms with van der Waals surface area (Å²) in [5.41, 5.74) is 1.75.